The highest BCUT2D eigenvalue weighted by molar-refractivity contribution is 7.99. The van der Waals surface area contributed by atoms with Crippen LogP contribution in [-0.4, -0.2) is 39.2 Å². The van der Waals surface area contributed by atoms with Gasteiger partial charge in [-0.2, -0.15) is 0 Å². The largest absolute Gasteiger partial charge is 0.342 e. The quantitative estimate of drug-likeness (QED) is 0.396. The van der Waals surface area contributed by atoms with Crippen molar-refractivity contribution >= 4 is 39.3 Å². The van der Waals surface area contributed by atoms with Crippen molar-refractivity contribution in [1.82, 2.24) is 14.5 Å². The van der Waals surface area contributed by atoms with Crippen LogP contribution in [-0.2, 0) is 11.8 Å². The molecule has 0 aliphatic carbocycles. The van der Waals surface area contributed by atoms with E-state index in [1.54, 1.807) is 11.6 Å². The number of aromatic nitrogens is 2. The first-order chi connectivity index (χ1) is 13.0. The van der Waals surface area contributed by atoms with E-state index in [0.717, 1.165) is 30.3 Å². The van der Waals surface area contributed by atoms with E-state index >= 15 is 0 Å². The van der Waals surface area contributed by atoms with Gasteiger partial charge in [0, 0.05) is 20.1 Å². The predicted octanol–water partition coefficient (Wildman–Crippen LogP) is 3.44. The number of carbonyl (C=O) groups excluding carboxylic acids is 1. The Kier molecular flexibility index (Phi) is 4.91. The van der Waals surface area contributed by atoms with Crippen molar-refractivity contribution in [1.29, 1.82) is 0 Å². The highest BCUT2D eigenvalue weighted by atomic mass is 32.2. The Balaban J connectivity index is 1.61. The Morgan fingerprint density at radius 1 is 1.26 bits per heavy atom. The lowest BCUT2D eigenvalue weighted by atomic mass is 10.0. The van der Waals surface area contributed by atoms with Gasteiger partial charge in [0.2, 0.25) is 5.91 Å². The third-order valence-corrected chi connectivity index (χ3v) is 6.25. The van der Waals surface area contributed by atoms with Crippen LogP contribution in [0, 0.1) is 5.92 Å². The molecule has 5 nitrogen and oxygen atoms in total. The molecule has 0 saturated carbocycles. The summed E-state index contributed by atoms with van der Waals surface area (Å²) >= 11 is 1.35. The van der Waals surface area contributed by atoms with E-state index in [9.17, 15) is 9.59 Å². The predicted molar refractivity (Wildman–Crippen MR) is 110 cm³/mol. The number of rotatable bonds is 3. The highest BCUT2D eigenvalue weighted by Gasteiger charge is 2.21. The molecule has 2 heterocycles. The van der Waals surface area contributed by atoms with Crippen LogP contribution >= 0.6 is 11.8 Å². The average molecular weight is 382 g/mol. The molecule has 0 spiro atoms. The SMILES string of the molecule is C[C@@H]1CCCN(C(=O)CSc2nc3cc4ccccc4cc3c(=O)n2C)C1. The molecule has 1 fully saturated rings. The van der Waals surface area contributed by atoms with Crippen LogP contribution in [0.4, 0.5) is 0 Å². The summed E-state index contributed by atoms with van der Waals surface area (Å²) in [6.45, 7) is 3.85. The monoisotopic (exact) mass is 381 g/mol. The first-order valence-corrected chi connectivity index (χ1v) is 10.3. The second-order valence-corrected chi connectivity index (χ2v) is 8.29. The summed E-state index contributed by atoms with van der Waals surface area (Å²) in [6.07, 6.45) is 2.25. The maximum atomic E-state index is 12.8. The lowest BCUT2D eigenvalue weighted by Crippen LogP contribution is -2.40. The zero-order valence-corrected chi connectivity index (χ0v) is 16.5. The number of likely N-dealkylation sites (tertiary alicyclic amines) is 1. The van der Waals surface area contributed by atoms with Gasteiger partial charge in [0.05, 0.1) is 16.7 Å². The molecule has 27 heavy (non-hydrogen) atoms. The van der Waals surface area contributed by atoms with Crippen molar-refractivity contribution in [2.24, 2.45) is 13.0 Å². The first kappa shape index (κ1) is 18.0. The fraction of sp³-hybridized carbons (Fsp3) is 0.381. The zero-order chi connectivity index (χ0) is 19.0. The summed E-state index contributed by atoms with van der Waals surface area (Å²) in [4.78, 5) is 31.9. The van der Waals surface area contributed by atoms with E-state index in [2.05, 4.69) is 11.9 Å². The van der Waals surface area contributed by atoms with Crippen LogP contribution in [0.5, 0.6) is 0 Å². The standard InChI is InChI=1S/C21H23N3O2S/c1-14-6-5-9-24(12-14)19(25)13-27-21-22-18-11-16-8-4-3-7-15(16)10-17(18)20(26)23(21)2/h3-4,7-8,10-11,14H,5-6,9,12-13H2,1-2H3/t14-/m1/s1. The van der Waals surface area contributed by atoms with Crippen molar-refractivity contribution in [2.75, 3.05) is 18.8 Å². The Morgan fingerprint density at radius 3 is 2.74 bits per heavy atom. The molecule has 140 valence electrons. The smallest absolute Gasteiger partial charge is 0.261 e. The molecule has 1 aromatic heterocycles. The lowest BCUT2D eigenvalue weighted by Gasteiger charge is -2.30. The van der Waals surface area contributed by atoms with Crippen LogP contribution < -0.4 is 5.56 Å². The number of thioether (sulfide) groups is 1. The summed E-state index contributed by atoms with van der Waals surface area (Å²) < 4.78 is 1.55. The van der Waals surface area contributed by atoms with E-state index in [4.69, 9.17) is 0 Å². The van der Waals surface area contributed by atoms with Crippen LogP contribution in [0.25, 0.3) is 21.7 Å². The third kappa shape index (κ3) is 3.58. The van der Waals surface area contributed by atoms with E-state index < -0.39 is 0 Å². The third-order valence-electron chi connectivity index (χ3n) is 5.24. The maximum Gasteiger partial charge on any atom is 0.261 e. The number of nitrogens with zero attached hydrogens (tertiary/aromatic N) is 3. The molecule has 3 aromatic rings. The van der Waals surface area contributed by atoms with Gasteiger partial charge in [-0.05, 0) is 41.7 Å². The summed E-state index contributed by atoms with van der Waals surface area (Å²) in [5.41, 5.74) is 0.602. The minimum atomic E-state index is -0.0766. The molecule has 1 saturated heterocycles. The number of benzene rings is 2. The number of hydrogen-bond donors (Lipinski definition) is 0. The van der Waals surface area contributed by atoms with Crippen molar-refractivity contribution in [2.45, 2.75) is 24.9 Å². The molecular weight excluding hydrogens is 358 g/mol. The fourth-order valence-electron chi connectivity index (χ4n) is 3.70. The van der Waals surface area contributed by atoms with Crippen LogP contribution in [0.2, 0.25) is 0 Å². The van der Waals surface area contributed by atoms with Gasteiger partial charge in [-0.15, -0.1) is 0 Å². The van der Waals surface area contributed by atoms with Crippen LogP contribution in [0.1, 0.15) is 19.8 Å². The molecular formula is C21H23N3O2S. The van der Waals surface area contributed by atoms with E-state index in [-0.39, 0.29) is 11.5 Å². The fourth-order valence-corrected chi connectivity index (χ4v) is 4.57. The number of amides is 1. The van der Waals surface area contributed by atoms with E-state index in [1.165, 1.54) is 18.2 Å². The number of carbonyl (C=O) groups is 1. The Labute approximate surface area is 162 Å². The first-order valence-electron chi connectivity index (χ1n) is 9.33. The van der Waals surface area contributed by atoms with Gasteiger partial charge < -0.3 is 4.90 Å². The van der Waals surface area contributed by atoms with Crippen LogP contribution in [0.3, 0.4) is 0 Å². The van der Waals surface area contributed by atoms with Gasteiger partial charge >= 0.3 is 0 Å². The number of fused-ring (bicyclic) bond motifs is 2. The summed E-state index contributed by atoms with van der Waals surface area (Å²) in [7, 11) is 1.72. The molecule has 6 heteroatoms. The van der Waals surface area contributed by atoms with E-state index in [1.807, 2.05) is 41.3 Å². The maximum absolute atomic E-state index is 12.8. The van der Waals surface area contributed by atoms with Gasteiger partial charge in [0.25, 0.3) is 5.56 Å². The molecule has 0 unspecified atom stereocenters. The van der Waals surface area contributed by atoms with Crippen LogP contribution in [0.15, 0.2) is 46.3 Å². The number of piperidine rings is 1. The average Bonchev–Trinajstić information content (AvgIpc) is 2.68. The molecule has 0 radical (unpaired) electrons. The lowest BCUT2D eigenvalue weighted by molar-refractivity contribution is -0.130. The zero-order valence-electron chi connectivity index (χ0n) is 15.6. The molecule has 1 aliphatic rings. The minimum absolute atomic E-state index is 0.0766. The number of hydrogen-bond acceptors (Lipinski definition) is 4. The van der Waals surface area contributed by atoms with Crippen molar-refractivity contribution < 1.29 is 4.79 Å². The van der Waals surface area contributed by atoms with Gasteiger partial charge in [0.15, 0.2) is 5.16 Å². The second-order valence-electron chi connectivity index (χ2n) is 7.35. The molecule has 0 N–H and O–H groups in total. The van der Waals surface area contributed by atoms with Crippen molar-refractivity contribution in [3.8, 4) is 0 Å². The Bertz CT molecular complexity index is 1080. The van der Waals surface area contributed by atoms with Crippen molar-refractivity contribution in [3.63, 3.8) is 0 Å². The Hall–Kier alpha value is -2.34. The Morgan fingerprint density at radius 2 is 2.00 bits per heavy atom. The van der Waals surface area contributed by atoms with Gasteiger partial charge in [-0.3, -0.25) is 14.2 Å². The second kappa shape index (κ2) is 7.35. The van der Waals surface area contributed by atoms with Gasteiger partial charge in [-0.1, -0.05) is 43.0 Å². The minimum Gasteiger partial charge on any atom is -0.342 e. The highest BCUT2D eigenvalue weighted by Crippen LogP contribution is 2.23. The topological polar surface area (TPSA) is 55.2 Å². The van der Waals surface area contributed by atoms with E-state index in [0.29, 0.717) is 27.7 Å². The molecule has 1 aliphatic heterocycles. The molecule has 4 rings (SSSR count). The summed E-state index contributed by atoms with van der Waals surface area (Å²) in [5.74, 6) is 0.995. The molecule has 2 aromatic carbocycles. The van der Waals surface area contributed by atoms with Crippen molar-refractivity contribution in [3.05, 3.63) is 46.8 Å². The van der Waals surface area contributed by atoms with Gasteiger partial charge in [0.1, 0.15) is 0 Å². The summed E-state index contributed by atoms with van der Waals surface area (Å²) in [5, 5.41) is 3.27. The molecule has 1 atom stereocenters. The normalized spacial score (nSPS) is 17.6. The van der Waals surface area contributed by atoms with Gasteiger partial charge in [-0.25, -0.2) is 4.98 Å². The summed E-state index contributed by atoms with van der Waals surface area (Å²) in [6, 6.07) is 11.8. The molecule has 1 amide bonds. The molecule has 0 bridgehead atoms.